The molecule has 25 heavy (non-hydrogen) atoms. The van der Waals surface area contributed by atoms with Gasteiger partial charge < -0.3 is 0 Å². The van der Waals surface area contributed by atoms with Gasteiger partial charge in [-0.15, -0.1) is 0 Å². The molecule has 3 nitrogen and oxygen atoms in total. The van der Waals surface area contributed by atoms with Gasteiger partial charge in [0.2, 0.25) is 5.13 Å². The lowest BCUT2D eigenvalue weighted by atomic mass is 9.70. The molecule has 2 unspecified atom stereocenters. The van der Waals surface area contributed by atoms with Crippen LogP contribution in [0.5, 0.6) is 0 Å². The zero-order valence-corrected chi connectivity index (χ0v) is 16.9. The summed E-state index contributed by atoms with van der Waals surface area (Å²) in [5.41, 5.74) is 6.03. The average Bonchev–Trinajstić information content (AvgIpc) is 3.18. The first-order valence-corrected chi connectivity index (χ1v) is 10.1. The molecule has 2 aromatic rings. The minimum absolute atomic E-state index is 0.203. The van der Waals surface area contributed by atoms with Gasteiger partial charge in [-0.05, 0) is 48.3 Å². The Kier molecular flexibility index (Phi) is 4.13. The van der Waals surface area contributed by atoms with E-state index in [-0.39, 0.29) is 5.41 Å². The molecule has 2 aliphatic rings. The molecule has 1 N–H and O–H groups in total. The Bertz CT molecular complexity index is 858. The Labute approximate surface area is 162 Å². The third kappa shape index (κ3) is 2.70. The molecule has 2 saturated carbocycles. The van der Waals surface area contributed by atoms with Crippen LogP contribution in [0.25, 0.3) is 10.4 Å². The normalized spacial score (nSPS) is 28.7. The molecule has 1 aromatic heterocycles. The van der Waals surface area contributed by atoms with Crippen molar-refractivity contribution in [2.75, 3.05) is 5.43 Å². The molecule has 2 aliphatic carbocycles. The number of hydrogen-bond acceptors (Lipinski definition) is 4. The van der Waals surface area contributed by atoms with Crippen LogP contribution in [0.1, 0.15) is 40.0 Å². The molecule has 6 heteroatoms. The number of nitrogens with one attached hydrogen (secondary N) is 1. The van der Waals surface area contributed by atoms with Crippen LogP contribution in [0.4, 0.5) is 5.13 Å². The lowest BCUT2D eigenvalue weighted by Gasteiger charge is -2.34. The summed E-state index contributed by atoms with van der Waals surface area (Å²) in [7, 11) is 0. The SMILES string of the molecule is CC12CCC(C/C1=N/Nc1ncc(-c3ccc(Cl)c(Cl)c3)s1)C2(C)C. The summed E-state index contributed by atoms with van der Waals surface area (Å²) >= 11 is 13.7. The predicted molar refractivity (Wildman–Crippen MR) is 108 cm³/mol. The second-order valence-corrected chi connectivity index (χ2v) is 9.67. The highest BCUT2D eigenvalue weighted by molar-refractivity contribution is 7.18. The molecular formula is C19H21Cl2N3S. The standard InChI is InChI=1S/C19H21Cl2N3S/c1-18(2)12-6-7-19(18,3)16(9-12)23-24-17-22-10-15(25-17)11-4-5-13(20)14(21)8-11/h4-5,8,10,12H,6-7,9H2,1-3H3,(H,22,24)/b23-16-. The number of hydrazone groups is 1. The van der Waals surface area contributed by atoms with Gasteiger partial charge in [0.15, 0.2) is 0 Å². The van der Waals surface area contributed by atoms with Crippen LogP contribution in [0.2, 0.25) is 10.0 Å². The fourth-order valence-electron chi connectivity index (χ4n) is 4.32. The van der Waals surface area contributed by atoms with E-state index in [2.05, 4.69) is 31.2 Å². The highest BCUT2D eigenvalue weighted by atomic mass is 35.5. The van der Waals surface area contributed by atoms with Crippen LogP contribution >= 0.6 is 34.5 Å². The van der Waals surface area contributed by atoms with Gasteiger partial charge in [-0.1, -0.05) is 61.4 Å². The van der Waals surface area contributed by atoms with E-state index in [0.717, 1.165) is 27.9 Å². The van der Waals surface area contributed by atoms with Crippen molar-refractivity contribution in [1.29, 1.82) is 0 Å². The van der Waals surface area contributed by atoms with E-state index >= 15 is 0 Å². The Morgan fingerprint density at radius 1 is 1.24 bits per heavy atom. The first-order chi connectivity index (χ1) is 11.8. The van der Waals surface area contributed by atoms with Crippen molar-refractivity contribution < 1.29 is 0 Å². The summed E-state index contributed by atoms with van der Waals surface area (Å²) in [5, 5.41) is 6.67. The predicted octanol–water partition coefficient (Wildman–Crippen LogP) is 6.73. The highest BCUT2D eigenvalue weighted by Gasteiger charge is 2.59. The van der Waals surface area contributed by atoms with Gasteiger partial charge in [0.1, 0.15) is 0 Å². The molecule has 1 aromatic carbocycles. The van der Waals surface area contributed by atoms with Crippen LogP contribution < -0.4 is 5.43 Å². The van der Waals surface area contributed by atoms with E-state index in [1.54, 1.807) is 11.3 Å². The maximum atomic E-state index is 6.11. The summed E-state index contributed by atoms with van der Waals surface area (Å²) in [5.74, 6) is 0.751. The van der Waals surface area contributed by atoms with Gasteiger partial charge in [-0.3, -0.25) is 5.43 Å². The maximum Gasteiger partial charge on any atom is 0.203 e. The lowest BCUT2D eigenvalue weighted by Crippen LogP contribution is -2.32. The minimum Gasteiger partial charge on any atom is -0.253 e. The lowest BCUT2D eigenvalue weighted by molar-refractivity contribution is 0.194. The van der Waals surface area contributed by atoms with E-state index in [1.807, 2.05) is 24.4 Å². The molecule has 1 heterocycles. The molecule has 0 aliphatic heterocycles. The topological polar surface area (TPSA) is 37.3 Å². The molecule has 132 valence electrons. The number of benzene rings is 1. The van der Waals surface area contributed by atoms with E-state index in [0.29, 0.717) is 15.5 Å². The molecular weight excluding hydrogens is 373 g/mol. The van der Waals surface area contributed by atoms with Crippen molar-refractivity contribution in [2.45, 2.75) is 40.0 Å². The summed E-state index contributed by atoms with van der Waals surface area (Å²) in [6.07, 6.45) is 5.50. The number of fused-ring (bicyclic) bond motifs is 2. The van der Waals surface area contributed by atoms with Gasteiger partial charge in [0.05, 0.1) is 14.9 Å². The largest absolute Gasteiger partial charge is 0.253 e. The van der Waals surface area contributed by atoms with Gasteiger partial charge in [-0.2, -0.15) is 5.10 Å². The highest BCUT2D eigenvalue weighted by Crippen LogP contribution is 2.63. The van der Waals surface area contributed by atoms with E-state index in [1.165, 1.54) is 18.6 Å². The van der Waals surface area contributed by atoms with Crippen molar-refractivity contribution in [3.63, 3.8) is 0 Å². The summed E-state index contributed by atoms with van der Waals surface area (Å²) < 4.78 is 0. The number of rotatable bonds is 3. The fourth-order valence-corrected chi connectivity index (χ4v) is 5.37. The van der Waals surface area contributed by atoms with Gasteiger partial charge in [0.25, 0.3) is 0 Å². The number of nitrogens with zero attached hydrogens (tertiary/aromatic N) is 2. The Morgan fingerprint density at radius 2 is 2.04 bits per heavy atom. The first kappa shape index (κ1) is 17.3. The molecule has 0 amide bonds. The minimum atomic E-state index is 0.203. The molecule has 0 spiro atoms. The summed E-state index contributed by atoms with van der Waals surface area (Å²) in [6, 6.07) is 5.63. The second kappa shape index (κ2) is 5.97. The van der Waals surface area contributed by atoms with Gasteiger partial charge >= 0.3 is 0 Å². The molecule has 2 fully saturated rings. The monoisotopic (exact) mass is 393 g/mol. The number of thiazole rings is 1. The fraction of sp³-hybridized carbons (Fsp3) is 0.474. The molecule has 2 atom stereocenters. The summed E-state index contributed by atoms with van der Waals surface area (Å²) in [6.45, 7) is 7.14. The molecule has 2 bridgehead atoms. The van der Waals surface area contributed by atoms with E-state index in [4.69, 9.17) is 28.3 Å². The number of aromatic nitrogens is 1. The van der Waals surface area contributed by atoms with Crippen LogP contribution in [-0.2, 0) is 0 Å². The molecule has 0 saturated heterocycles. The van der Waals surface area contributed by atoms with Crippen LogP contribution in [0.3, 0.4) is 0 Å². The van der Waals surface area contributed by atoms with Gasteiger partial charge in [-0.25, -0.2) is 4.98 Å². The maximum absolute atomic E-state index is 6.11. The quantitative estimate of drug-likeness (QED) is 0.586. The Hall–Kier alpha value is -1.10. The van der Waals surface area contributed by atoms with Crippen molar-refractivity contribution in [3.8, 4) is 10.4 Å². The number of halogens is 2. The molecule has 4 rings (SSSR count). The third-order valence-electron chi connectivity index (χ3n) is 6.51. The van der Waals surface area contributed by atoms with Crippen molar-refractivity contribution in [2.24, 2.45) is 21.8 Å². The van der Waals surface area contributed by atoms with Gasteiger partial charge in [0, 0.05) is 17.3 Å². The van der Waals surface area contributed by atoms with Crippen molar-refractivity contribution >= 4 is 45.4 Å². The summed E-state index contributed by atoms with van der Waals surface area (Å²) in [4.78, 5) is 5.49. The smallest absolute Gasteiger partial charge is 0.203 e. The molecule has 0 radical (unpaired) electrons. The first-order valence-electron chi connectivity index (χ1n) is 8.55. The van der Waals surface area contributed by atoms with Crippen LogP contribution in [0.15, 0.2) is 29.5 Å². The van der Waals surface area contributed by atoms with Crippen molar-refractivity contribution in [1.82, 2.24) is 4.98 Å². The van der Waals surface area contributed by atoms with Crippen molar-refractivity contribution in [3.05, 3.63) is 34.4 Å². The average molecular weight is 394 g/mol. The number of hydrogen-bond donors (Lipinski definition) is 1. The Morgan fingerprint density at radius 3 is 2.68 bits per heavy atom. The van der Waals surface area contributed by atoms with E-state index in [9.17, 15) is 0 Å². The van der Waals surface area contributed by atoms with E-state index < -0.39 is 0 Å². The zero-order valence-electron chi connectivity index (χ0n) is 14.6. The zero-order chi connectivity index (χ0) is 17.8. The van der Waals surface area contributed by atoms with Crippen LogP contribution in [-0.4, -0.2) is 10.7 Å². The van der Waals surface area contributed by atoms with Crippen LogP contribution in [0, 0.1) is 16.7 Å². The second-order valence-electron chi connectivity index (χ2n) is 7.82. The number of anilines is 1. The third-order valence-corrected chi connectivity index (χ3v) is 8.20. The Balaban J connectivity index is 1.54.